The summed E-state index contributed by atoms with van der Waals surface area (Å²) in [4.78, 5) is 32.6. The van der Waals surface area contributed by atoms with E-state index < -0.39 is 17.7 Å². The lowest BCUT2D eigenvalue weighted by molar-refractivity contribution is -0.132. The van der Waals surface area contributed by atoms with Crippen LogP contribution in [-0.4, -0.2) is 42.4 Å². The summed E-state index contributed by atoms with van der Waals surface area (Å²) in [6.45, 7) is 0. The van der Waals surface area contributed by atoms with Crippen LogP contribution in [0.2, 0.25) is 0 Å². The number of aromatic amines is 1. The number of tetrazole rings is 1. The lowest BCUT2D eigenvalue weighted by Crippen LogP contribution is -2.29. The summed E-state index contributed by atoms with van der Waals surface area (Å²) >= 11 is 1.52. The molecule has 3 aromatic carbocycles. The van der Waals surface area contributed by atoms with Gasteiger partial charge in [0.2, 0.25) is 5.82 Å². The molecule has 1 saturated heterocycles. The van der Waals surface area contributed by atoms with Crippen LogP contribution in [0.3, 0.4) is 0 Å². The van der Waals surface area contributed by atoms with Crippen LogP contribution < -0.4 is 4.90 Å². The molecular formula is C27H18N6O3S. The Balaban J connectivity index is 1.51. The summed E-state index contributed by atoms with van der Waals surface area (Å²) in [7, 11) is 0. The van der Waals surface area contributed by atoms with E-state index >= 15 is 0 Å². The molecule has 3 heterocycles. The van der Waals surface area contributed by atoms with E-state index in [4.69, 9.17) is 0 Å². The summed E-state index contributed by atoms with van der Waals surface area (Å²) in [5.74, 6) is -1.38. The largest absolute Gasteiger partial charge is 0.507 e. The molecular weight excluding hydrogens is 488 g/mol. The van der Waals surface area contributed by atoms with Crippen molar-refractivity contribution >= 4 is 34.5 Å². The predicted molar refractivity (Wildman–Crippen MR) is 138 cm³/mol. The standard InChI is InChI=1S/C27H18N6O3S/c34-23(17-5-2-1-3-6-17)21-22(16-9-11-18(12-10-16)26-28-13-14-37-26)33(27(36)24(21)35)20-8-4-7-19(15-20)25-29-31-32-30-25/h1-15,22,34H,(H,29,30,31,32)/b23-21+. The van der Waals surface area contributed by atoms with Crippen molar-refractivity contribution in [1.82, 2.24) is 25.6 Å². The molecule has 1 aliphatic heterocycles. The summed E-state index contributed by atoms with van der Waals surface area (Å²) in [6.07, 6.45) is 1.74. The van der Waals surface area contributed by atoms with Gasteiger partial charge in [0.25, 0.3) is 11.7 Å². The molecule has 1 atom stereocenters. The Kier molecular flexibility index (Phi) is 5.62. The quantitative estimate of drug-likeness (QED) is 0.202. The number of ketones is 1. The highest BCUT2D eigenvalue weighted by atomic mass is 32.1. The van der Waals surface area contributed by atoms with Crippen LogP contribution in [-0.2, 0) is 9.59 Å². The van der Waals surface area contributed by atoms with Crippen LogP contribution in [0.15, 0.2) is 96.0 Å². The number of nitrogens with one attached hydrogen (secondary N) is 1. The monoisotopic (exact) mass is 506 g/mol. The van der Waals surface area contributed by atoms with Crippen molar-refractivity contribution in [3.8, 4) is 22.0 Å². The van der Waals surface area contributed by atoms with Gasteiger partial charge < -0.3 is 5.11 Å². The molecule has 180 valence electrons. The lowest BCUT2D eigenvalue weighted by Gasteiger charge is -2.26. The molecule has 1 unspecified atom stereocenters. The van der Waals surface area contributed by atoms with E-state index in [9.17, 15) is 14.7 Å². The van der Waals surface area contributed by atoms with Crippen LogP contribution in [0, 0.1) is 0 Å². The number of H-pyrrole nitrogens is 1. The molecule has 1 aliphatic rings. The fourth-order valence-corrected chi connectivity index (χ4v) is 5.06. The highest BCUT2D eigenvalue weighted by molar-refractivity contribution is 7.13. The molecule has 0 aliphatic carbocycles. The maximum absolute atomic E-state index is 13.5. The van der Waals surface area contributed by atoms with Gasteiger partial charge in [-0.25, -0.2) is 4.98 Å². The van der Waals surface area contributed by atoms with Gasteiger partial charge in [-0.2, -0.15) is 5.21 Å². The van der Waals surface area contributed by atoms with Crippen molar-refractivity contribution in [2.75, 3.05) is 4.90 Å². The molecule has 10 heteroatoms. The van der Waals surface area contributed by atoms with Crippen LogP contribution >= 0.6 is 11.3 Å². The average Bonchev–Trinajstić information content (AvgIpc) is 3.72. The molecule has 2 aromatic heterocycles. The molecule has 0 saturated carbocycles. The van der Waals surface area contributed by atoms with Crippen molar-refractivity contribution in [2.45, 2.75) is 6.04 Å². The Hall–Kier alpha value is -4.96. The minimum Gasteiger partial charge on any atom is -0.507 e. The Morgan fingerprint density at radius 2 is 1.76 bits per heavy atom. The van der Waals surface area contributed by atoms with Gasteiger partial charge in [-0.1, -0.05) is 66.7 Å². The van der Waals surface area contributed by atoms with Crippen molar-refractivity contribution < 1.29 is 14.7 Å². The fraction of sp³-hybridized carbons (Fsp3) is 0.0370. The van der Waals surface area contributed by atoms with Crippen LogP contribution in [0.25, 0.3) is 27.7 Å². The molecule has 0 bridgehead atoms. The van der Waals surface area contributed by atoms with Gasteiger partial charge in [-0.3, -0.25) is 14.5 Å². The Morgan fingerprint density at radius 3 is 2.46 bits per heavy atom. The minimum atomic E-state index is -0.855. The van der Waals surface area contributed by atoms with E-state index in [0.29, 0.717) is 28.2 Å². The number of hydrogen-bond acceptors (Lipinski definition) is 8. The zero-order chi connectivity index (χ0) is 25.4. The molecule has 5 aromatic rings. The molecule has 0 radical (unpaired) electrons. The van der Waals surface area contributed by atoms with Crippen molar-refractivity contribution in [2.24, 2.45) is 0 Å². The first-order chi connectivity index (χ1) is 18.1. The Bertz CT molecular complexity index is 1610. The van der Waals surface area contributed by atoms with E-state index in [0.717, 1.165) is 10.6 Å². The Morgan fingerprint density at radius 1 is 0.946 bits per heavy atom. The molecule has 2 N–H and O–H groups in total. The van der Waals surface area contributed by atoms with Gasteiger partial charge >= 0.3 is 0 Å². The zero-order valence-corrected chi connectivity index (χ0v) is 20.0. The molecule has 0 spiro atoms. The first kappa shape index (κ1) is 22.5. The molecule has 1 amide bonds. The van der Waals surface area contributed by atoms with Gasteiger partial charge in [-0.15, -0.1) is 21.5 Å². The van der Waals surface area contributed by atoms with Gasteiger partial charge in [-0.05, 0) is 22.9 Å². The first-order valence-electron chi connectivity index (χ1n) is 11.3. The summed E-state index contributed by atoms with van der Waals surface area (Å²) in [5, 5.41) is 28.0. The zero-order valence-electron chi connectivity index (χ0n) is 19.1. The summed E-state index contributed by atoms with van der Waals surface area (Å²) < 4.78 is 0. The predicted octanol–water partition coefficient (Wildman–Crippen LogP) is 4.62. The van der Waals surface area contributed by atoms with Crippen LogP contribution in [0.1, 0.15) is 17.2 Å². The van der Waals surface area contributed by atoms with Gasteiger partial charge in [0.15, 0.2) is 0 Å². The van der Waals surface area contributed by atoms with Crippen LogP contribution in [0.5, 0.6) is 0 Å². The van der Waals surface area contributed by atoms with Crippen molar-refractivity contribution in [3.05, 3.63) is 107 Å². The highest BCUT2D eigenvalue weighted by Crippen LogP contribution is 2.43. The normalized spacial score (nSPS) is 16.9. The number of nitrogens with zero attached hydrogens (tertiary/aromatic N) is 5. The molecule has 37 heavy (non-hydrogen) atoms. The third-order valence-corrected chi connectivity index (χ3v) is 6.95. The van der Waals surface area contributed by atoms with E-state index in [1.54, 1.807) is 54.7 Å². The highest BCUT2D eigenvalue weighted by Gasteiger charge is 2.47. The molecule has 1 fully saturated rings. The molecule has 9 nitrogen and oxygen atoms in total. The number of amides is 1. The number of benzene rings is 3. The van der Waals surface area contributed by atoms with E-state index in [-0.39, 0.29) is 11.3 Å². The number of carbonyl (C=O) groups is 2. The van der Waals surface area contributed by atoms with E-state index in [1.165, 1.54) is 16.2 Å². The second-order valence-corrected chi connectivity index (χ2v) is 9.17. The van der Waals surface area contributed by atoms with E-state index in [1.807, 2.05) is 35.7 Å². The van der Waals surface area contributed by atoms with Gasteiger partial charge in [0.1, 0.15) is 10.8 Å². The van der Waals surface area contributed by atoms with Gasteiger partial charge in [0.05, 0.1) is 11.6 Å². The third-order valence-electron chi connectivity index (χ3n) is 6.13. The number of aliphatic hydroxyl groups is 1. The average molecular weight is 507 g/mol. The SMILES string of the molecule is O=C1C(=O)N(c2cccc(-c3nn[nH]n3)c2)C(c2ccc(-c3nccs3)cc2)/C1=C(\O)c1ccccc1. The van der Waals surface area contributed by atoms with Crippen LogP contribution in [0.4, 0.5) is 5.69 Å². The van der Waals surface area contributed by atoms with Gasteiger partial charge in [0, 0.05) is 34.0 Å². The minimum absolute atomic E-state index is 0.0168. The number of Topliss-reactive ketones (excluding diaryl/α,β-unsaturated/α-hetero) is 1. The Labute approximate surface area is 214 Å². The van der Waals surface area contributed by atoms with Crippen molar-refractivity contribution in [3.63, 3.8) is 0 Å². The number of hydrogen-bond donors (Lipinski definition) is 2. The maximum Gasteiger partial charge on any atom is 0.300 e. The number of anilines is 1. The first-order valence-corrected chi connectivity index (χ1v) is 12.2. The van der Waals surface area contributed by atoms with Crippen molar-refractivity contribution in [1.29, 1.82) is 0 Å². The number of thiazole rings is 1. The lowest BCUT2D eigenvalue weighted by atomic mass is 9.94. The molecule has 6 rings (SSSR count). The summed E-state index contributed by atoms with van der Waals surface area (Å²) in [5.41, 5.74) is 3.13. The smallest absolute Gasteiger partial charge is 0.300 e. The number of rotatable bonds is 5. The maximum atomic E-state index is 13.5. The number of carbonyl (C=O) groups excluding carboxylic acids is 2. The summed E-state index contributed by atoms with van der Waals surface area (Å²) in [6, 6.07) is 22.3. The third kappa shape index (κ3) is 3.99. The second-order valence-electron chi connectivity index (χ2n) is 8.28. The number of aromatic nitrogens is 5. The van der Waals surface area contributed by atoms with E-state index in [2.05, 4.69) is 25.6 Å². The number of aliphatic hydroxyl groups excluding tert-OH is 1. The topological polar surface area (TPSA) is 125 Å². The second kappa shape index (κ2) is 9.25. The fourth-order valence-electron chi connectivity index (χ4n) is 4.42.